The van der Waals surface area contributed by atoms with Crippen molar-refractivity contribution in [1.29, 1.82) is 5.26 Å². The van der Waals surface area contributed by atoms with Crippen molar-refractivity contribution < 1.29 is 9.18 Å². The maximum absolute atomic E-state index is 15.1. The summed E-state index contributed by atoms with van der Waals surface area (Å²) in [6, 6.07) is 22.5. The number of ketones is 1. The average molecular weight is 501 g/mol. The van der Waals surface area contributed by atoms with Crippen LogP contribution in [0.25, 0.3) is 33.9 Å². The normalized spacial score (nSPS) is 22.2. The summed E-state index contributed by atoms with van der Waals surface area (Å²) >= 11 is 0. The highest BCUT2D eigenvalue weighted by Gasteiger charge is 2.49. The van der Waals surface area contributed by atoms with Gasteiger partial charge in [0.15, 0.2) is 11.6 Å². The highest BCUT2D eigenvalue weighted by atomic mass is 19.1. The number of rotatable bonds is 3. The van der Waals surface area contributed by atoms with Gasteiger partial charge < -0.3 is 0 Å². The van der Waals surface area contributed by atoms with Crippen LogP contribution in [-0.2, 0) is 16.6 Å². The van der Waals surface area contributed by atoms with E-state index in [1.807, 2.05) is 56.3 Å². The molecule has 0 spiro atoms. The van der Waals surface area contributed by atoms with E-state index in [2.05, 4.69) is 11.1 Å². The van der Waals surface area contributed by atoms with E-state index < -0.39 is 5.41 Å². The number of nitrogens with zero attached hydrogens (tertiary/aromatic N) is 4. The highest BCUT2D eigenvalue weighted by molar-refractivity contribution is 6.02. The van der Waals surface area contributed by atoms with Crippen molar-refractivity contribution >= 4 is 5.78 Å². The van der Waals surface area contributed by atoms with Gasteiger partial charge in [-0.2, -0.15) is 5.26 Å². The molecular formula is C32H25FN4O. The number of allylic oxidation sites excluding steroid dienone is 2. The predicted octanol–water partition coefficient (Wildman–Crippen LogP) is 6.50. The second-order valence-electron chi connectivity index (χ2n) is 10.3. The van der Waals surface area contributed by atoms with Crippen LogP contribution in [0.1, 0.15) is 31.5 Å². The number of hydrogen-bond donors (Lipinski definition) is 0. The quantitative estimate of drug-likeness (QED) is 0.321. The summed E-state index contributed by atoms with van der Waals surface area (Å²) in [7, 11) is 0. The molecule has 0 fully saturated rings. The van der Waals surface area contributed by atoms with Gasteiger partial charge in [-0.1, -0.05) is 62.4 Å². The molecule has 0 radical (unpaired) electrons. The molecule has 2 aromatic heterocycles. The summed E-state index contributed by atoms with van der Waals surface area (Å²) < 4.78 is 15.1. The minimum Gasteiger partial charge on any atom is -0.293 e. The molecule has 0 aliphatic heterocycles. The zero-order valence-electron chi connectivity index (χ0n) is 21.1. The molecule has 0 saturated carbocycles. The zero-order valence-corrected chi connectivity index (χ0v) is 21.1. The van der Waals surface area contributed by atoms with Crippen LogP contribution in [0, 0.1) is 29.0 Å². The van der Waals surface area contributed by atoms with Crippen LogP contribution < -0.4 is 0 Å². The lowest BCUT2D eigenvalue weighted by Gasteiger charge is -2.45. The van der Waals surface area contributed by atoms with Crippen molar-refractivity contribution in [2.45, 2.75) is 32.1 Å². The molecule has 0 bridgehead atoms. The second kappa shape index (κ2) is 9.11. The van der Waals surface area contributed by atoms with Crippen molar-refractivity contribution in [3.05, 3.63) is 102 Å². The summed E-state index contributed by atoms with van der Waals surface area (Å²) in [5.41, 5.74) is 4.60. The van der Waals surface area contributed by atoms with Gasteiger partial charge in [0.05, 0.1) is 22.7 Å². The number of halogens is 1. The molecule has 0 amide bonds. The molecule has 6 heteroatoms. The molecule has 5 nitrogen and oxygen atoms in total. The van der Waals surface area contributed by atoms with Crippen LogP contribution in [0.3, 0.4) is 0 Å². The van der Waals surface area contributed by atoms with Crippen LogP contribution in [-0.4, -0.2) is 20.7 Å². The number of pyridine rings is 1. The second-order valence-corrected chi connectivity index (χ2v) is 10.3. The van der Waals surface area contributed by atoms with E-state index in [9.17, 15) is 10.1 Å². The monoisotopic (exact) mass is 500 g/mol. The number of aromatic nitrogens is 3. The van der Waals surface area contributed by atoms with Gasteiger partial charge in [0.25, 0.3) is 0 Å². The topological polar surface area (TPSA) is 79.5 Å². The summed E-state index contributed by atoms with van der Waals surface area (Å²) in [5.74, 6) is -0.371. The lowest BCUT2D eigenvalue weighted by molar-refractivity contribution is -0.121. The Hall–Kier alpha value is -4.50. The summed E-state index contributed by atoms with van der Waals surface area (Å²) in [6.45, 7) is 3.93. The first kappa shape index (κ1) is 23.9. The Labute approximate surface area is 220 Å². The van der Waals surface area contributed by atoms with E-state index >= 15 is 4.39 Å². The van der Waals surface area contributed by atoms with Gasteiger partial charge in [-0.3, -0.25) is 9.78 Å². The Morgan fingerprint density at radius 2 is 1.76 bits per heavy atom. The fraction of sp³-hybridized carbons (Fsp3) is 0.219. The highest BCUT2D eigenvalue weighted by Crippen LogP contribution is 2.51. The fourth-order valence-corrected chi connectivity index (χ4v) is 6.08. The lowest BCUT2D eigenvalue weighted by Crippen LogP contribution is -2.46. The Balaban J connectivity index is 1.57. The summed E-state index contributed by atoms with van der Waals surface area (Å²) in [4.78, 5) is 27.4. The third-order valence-corrected chi connectivity index (χ3v) is 8.06. The Bertz CT molecular complexity index is 1640. The van der Waals surface area contributed by atoms with Crippen LogP contribution in [0.15, 0.2) is 84.6 Å². The standard InChI is InChI=1S/C32H25FN4O/c1-19-25-14-13-24-28(23-10-6-7-11-26(23)33)36-31(37-30(24)32(25,2)16-22(17-34)29(19)38)21-12-15-27(35-18-21)20-8-4-3-5-9-20/h3-12,15-16,18-19,25H,13-14H2,1-2H3/t19?,25?,32-/m1/s1. The summed E-state index contributed by atoms with van der Waals surface area (Å²) in [6.07, 6.45) is 4.86. The van der Waals surface area contributed by atoms with Gasteiger partial charge in [0.1, 0.15) is 11.9 Å². The van der Waals surface area contributed by atoms with Gasteiger partial charge in [-0.05, 0) is 43.0 Å². The number of benzene rings is 2. The molecule has 2 aliphatic rings. The molecule has 186 valence electrons. The molecule has 3 atom stereocenters. The fourth-order valence-electron chi connectivity index (χ4n) is 6.08. The van der Waals surface area contributed by atoms with E-state index in [0.29, 0.717) is 29.1 Å². The minimum absolute atomic E-state index is 0.0191. The SMILES string of the molecule is CC1C(=O)C(C#N)=C[C@@]2(C)c3nc(-c4ccc(-c5ccccc5)nc4)nc(-c4ccccc4F)c3CCC12. The Kier molecular flexibility index (Phi) is 5.72. The van der Waals surface area contributed by atoms with Crippen LogP contribution >= 0.6 is 0 Å². The smallest absolute Gasteiger partial charge is 0.176 e. The maximum atomic E-state index is 15.1. The van der Waals surface area contributed by atoms with Crippen LogP contribution in [0.5, 0.6) is 0 Å². The minimum atomic E-state index is -0.666. The van der Waals surface area contributed by atoms with E-state index in [0.717, 1.165) is 28.9 Å². The Morgan fingerprint density at radius 3 is 2.47 bits per heavy atom. The number of carbonyl (C=O) groups is 1. The summed E-state index contributed by atoms with van der Waals surface area (Å²) in [5, 5.41) is 9.72. The van der Waals surface area contributed by atoms with Crippen molar-refractivity contribution in [1.82, 2.24) is 15.0 Å². The third kappa shape index (κ3) is 3.74. The molecule has 4 aromatic rings. The number of carbonyl (C=O) groups excluding carboxylic acids is 1. The number of Topliss-reactive ketones (excluding diaryl/α,β-unsaturated/α-hetero) is 1. The molecule has 38 heavy (non-hydrogen) atoms. The first-order valence-corrected chi connectivity index (χ1v) is 12.8. The molecule has 2 heterocycles. The van der Waals surface area contributed by atoms with Gasteiger partial charge >= 0.3 is 0 Å². The van der Waals surface area contributed by atoms with E-state index in [4.69, 9.17) is 9.97 Å². The van der Waals surface area contributed by atoms with Gasteiger partial charge in [0, 0.05) is 39.8 Å². The van der Waals surface area contributed by atoms with Crippen molar-refractivity contribution in [3.8, 4) is 40.0 Å². The average Bonchev–Trinajstić information content (AvgIpc) is 2.95. The third-order valence-electron chi connectivity index (χ3n) is 8.06. The van der Waals surface area contributed by atoms with Crippen molar-refractivity contribution in [3.63, 3.8) is 0 Å². The zero-order chi connectivity index (χ0) is 26.4. The molecule has 0 N–H and O–H groups in total. The van der Waals surface area contributed by atoms with E-state index in [1.54, 1.807) is 30.5 Å². The first-order chi connectivity index (χ1) is 18.4. The molecular weight excluding hydrogens is 475 g/mol. The first-order valence-electron chi connectivity index (χ1n) is 12.8. The molecule has 2 aliphatic carbocycles. The largest absolute Gasteiger partial charge is 0.293 e. The number of hydrogen-bond acceptors (Lipinski definition) is 5. The van der Waals surface area contributed by atoms with Crippen molar-refractivity contribution in [2.24, 2.45) is 11.8 Å². The molecule has 0 saturated heterocycles. The molecule has 2 unspecified atom stereocenters. The van der Waals surface area contributed by atoms with Crippen molar-refractivity contribution in [2.75, 3.05) is 0 Å². The maximum Gasteiger partial charge on any atom is 0.176 e. The Morgan fingerprint density at radius 1 is 1.00 bits per heavy atom. The van der Waals surface area contributed by atoms with Gasteiger partial charge in [-0.25, -0.2) is 14.4 Å². The molecule has 2 aromatic carbocycles. The van der Waals surface area contributed by atoms with E-state index in [1.165, 1.54) is 6.07 Å². The van der Waals surface area contributed by atoms with E-state index in [-0.39, 0.29) is 29.0 Å². The molecule has 6 rings (SSSR count). The van der Waals surface area contributed by atoms with Crippen LogP contribution in [0.2, 0.25) is 0 Å². The predicted molar refractivity (Wildman–Crippen MR) is 143 cm³/mol. The number of nitriles is 1. The lowest BCUT2D eigenvalue weighted by atomic mass is 9.57. The van der Waals surface area contributed by atoms with Gasteiger partial charge in [0.2, 0.25) is 0 Å². The van der Waals surface area contributed by atoms with Crippen LogP contribution in [0.4, 0.5) is 4.39 Å². The number of fused-ring (bicyclic) bond motifs is 3. The van der Waals surface area contributed by atoms with Gasteiger partial charge in [-0.15, -0.1) is 0 Å².